The van der Waals surface area contributed by atoms with E-state index in [-0.39, 0.29) is 20.3 Å². The molecule has 0 atom stereocenters. The van der Waals surface area contributed by atoms with Crippen molar-refractivity contribution in [3.8, 4) is 0 Å². The average Bonchev–Trinajstić information content (AvgIpc) is 2.09. The number of amides is 1. The van der Waals surface area contributed by atoms with Crippen LogP contribution in [0.15, 0.2) is 0 Å². The van der Waals surface area contributed by atoms with Gasteiger partial charge in [-0.25, -0.2) is 0 Å². The van der Waals surface area contributed by atoms with Crippen LogP contribution in [0.5, 0.6) is 0 Å². The number of likely N-dealkylation sites (tertiary alicyclic amines) is 1. The Kier molecular flexibility index (Phi) is 2.71. The predicted octanol–water partition coefficient (Wildman–Crippen LogP) is 3.05. The number of hydrogen-bond donors (Lipinski definition) is 0. The molecule has 0 N–H and O–H groups in total. The maximum atomic E-state index is 12.2. The summed E-state index contributed by atoms with van der Waals surface area (Å²) in [5.41, 5.74) is -0.179. The van der Waals surface area contributed by atoms with E-state index in [0.29, 0.717) is 0 Å². The molecule has 0 radical (unpaired) electrons. The fraction of sp³-hybridized carbons (Fsp3) is 0.909. The van der Waals surface area contributed by atoms with Crippen LogP contribution in [0.4, 0.5) is 0 Å². The second-order valence-electron chi connectivity index (χ2n) is 5.81. The molecular formula is C11H20INO. The van der Waals surface area contributed by atoms with Gasteiger partial charge in [0, 0.05) is 6.54 Å². The van der Waals surface area contributed by atoms with Gasteiger partial charge in [-0.1, -0.05) is 50.3 Å². The lowest BCUT2D eigenvalue weighted by atomic mass is 9.70. The monoisotopic (exact) mass is 309 g/mol. The first-order valence-electron chi connectivity index (χ1n) is 5.01. The van der Waals surface area contributed by atoms with Crippen LogP contribution >= 0.6 is 22.6 Å². The summed E-state index contributed by atoms with van der Waals surface area (Å²) in [4.78, 5) is 14.2. The topological polar surface area (TPSA) is 20.3 Å². The van der Waals surface area contributed by atoms with Gasteiger partial charge >= 0.3 is 0 Å². The van der Waals surface area contributed by atoms with Gasteiger partial charge in [-0.15, -0.1) is 0 Å². The Hall–Kier alpha value is 0.200. The molecule has 1 rings (SSSR count). The van der Waals surface area contributed by atoms with Gasteiger partial charge in [0.15, 0.2) is 0 Å². The highest BCUT2D eigenvalue weighted by atomic mass is 127. The molecule has 82 valence electrons. The number of rotatable bonds is 1. The van der Waals surface area contributed by atoms with E-state index in [1.807, 2.05) is 4.90 Å². The number of nitrogens with zero attached hydrogens (tertiary/aromatic N) is 1. The molecule has 0 unspecified atom stereocenters. The highest BCUT2D eigenvalue weighted by molar-refractivity contribution is 14.1. The number of alkyl halides is 1. The lowest BCUT2D eigenvalue weighted by molar-refractivity contribution is -0.137. The van der Waals surface area contributed by atoms with Crippen molar-refractivity contribution in [2.45, 2.75) is 45.1 Å². The first kappa shape index (κ1) is 12.3. The van der Waals surface area contributed by atoms with Crippen LogP contribution in [0.3, 0.4) is 0 Å². The summed E-state index contributed by atoms with van der Waals surface area (Å²) < 4.78 is -0.0834. The van der Waals surface area contributed by atoms with Crippen LogP contribution in [0.2, 0.25) is 0 Å². The second kappa shape index (κ2) is 3.09. The molecule has 0 bridgehead atoms. The molecule has 2 nitrogen and oxygen atoms in total. The number of halogens is 1. The molecule has 3 heteroatoms. The zero-order chi connectivity index (χ0) is 11.4. The largest absolute Gasteiger partial charge is 0.328 e. The van der Waals surface area contributed by atoms with E-state index in [1.165, 1.54) is 0 Å². The third kappa shape index (κ3) is 1.68. The fourth-order valence-corrected chi connectivity index (χ4v) is 2.11. The summed E-state index contributed by atoms with van der Waals surface area (Å²) in [6.07, 6.45) is 0. The first-order valence-corrected chi connectivity index (χ1v) is 6.09. The standard InChI is InChI=1S/C11H20INO/c1-9(2)7-13(11(5,6)12)8(14)10(9,3)4/h7H2,1-6H3. The smallest absolute Gasteiger partial charge is 0.229 e. The van der Waals surface area contributed by atoms with Gasteiger partial charge in [-0.3, -0.25) is 4.79 Å². The quantitative estimate of drug-likeness (QED) is 0.414. The lowest BCUT2D eigenvalue weighted by Crippen LogP contribution is -2.42. The van der Waals surface area contributed by atoms with Crippen molar-refractivity contribution in [2.75, 3.05) is 6.54 Å². The molecule has 0 aromatic carbocycles. The maximum absolute atomic E-state index is 12.2. The van der Waals surface area contributed by atoms with E-state index < -0.39 is 0 Å². The zero-order valence-corrected chi connectivity index (χ0v) is 12.1. The van der Waals surface area contributed by atoms with Crippen LogP contribution < -0.4 is 0 Å². The number of hydrogen-bond acceptors (Lipinski definition) is 1. The normalized spacial score (nSPS) is 25.6. The minimum Gasteiger partial charge on any atom is -0.328 e. The molecular weight excluding hydrogens is 289 g/mol. The molecule has 0 saturated carbocycles. The summed E-state index contributed by atoms with van der Waals surface area (Å²) in [6, 6.07) is 0. The van der Waals surface area contributed by atoms with Gasteiger partial charge in [-0.2, -0.15) is 0 Å². The van der Waals surface area contributed by atoms with Gasteiger partial charge in [0.1, 0.15) is 0 Å². The summed E-state index contributed by atoms with van der Waals surface area (Å²) in [6.45, 7) is 13.5. The number of carbonyl (C=O) groups excluding carboxylic acids is 1. The van der Waals surface area contributed by atoms with Crippen molar-refractivity contribution in [3.63, 3.8) is 0 Å². The van der Waals surface area contributed by atoms with Crippen molar-refractivity contribution in [1.82, 2.24) is 4.90 Å². The second-order valence-corrected chi connectivity index (χ2v) is 8.45. The molecule has 0 aromatic rings. The van der Waals surface area contributed by atoms with E-state index in [9.17, 15) is 4.79 Å². The van der Waals surface area contributed by atoms with Crippen LogP contribution in [0, 0.1) is 10.8 Å². The molecule has 1 saturated heterocycles. The van der Waals surface area contributed by atoms with Crippen LogP contribution in [-0.4, -0.2) is 20.9 Å². The third-order valence-corrected chi connectivity index (χ3v) is 4.25. The van der Waals surface area contributed by atoms with Gasteiger partial charge in [-0.05, 0) is 19.3 Å². The Morgan fingerprint density at radius 1 is 1.29 bits per heavy atom. The van der Waals surface area contributed by atoms with Crippen LogP contribution in [0.1, 0.15) is 41.5 Å². The highest BCUT2D eigenvalue weighted by Gasteiger charge is 2.55. The minimum absolute atomic E-state index is 0.0620. The Labute approximate surface area is 101 Å². The zero-order valence-electron chi connectivity index (χ0n) is 9.94. The fourth-order valence-electron chi connectivity index (χ4n) is 1.72. The summed E-state index contributed by atoms with van der Waals surface area (Å²) in [5, 5.41) is 0. The lowest BCUT2D eigenvalue weighted by Gasteiger charge is -2.31. The Morgan fingerprint density at radius 2 is 1.71 bits per heavy atom. The van der Waals surface area contributed by atoms with Crippen molar-refractivity contribution in [3.05, 3.63) is 0 Å². The Morgan fingerprint density at radius 3 is 1.86 bits per heavy atom. The van der Waals surface area contributed by atoms with Crippen molar-refractivity contribution in [1.29, 1.82) is 0 Å². The first-order chi connectivity index (χ1) is 6.00. The van der Waals surface area contributed by atoms with Crippen LogP contribution in [-0.2, 0) is 4.79 Å². The molecule has 0 aliphatic carbocycles. The highest BCUT2D eigenvalue weighted by Crippen LogP contribution is 2.49. The molecule has 0 spiro atoms. The minimum atomic E-state index is -0.241. The molecule has 0 aromatic heterocycles. The van der Waals surface area contributed by atoms with Gasteiger partial charge < -0.3 is 4.90 Å². The van der Waals surface area contributed by atoms with E-state index >= 15 is 0 Å². The molecule has 14 heavy (non-hydrogen) atoms. The number of carbonyl (C=O) groups is 1. The Balaban J connectivity index is 3.07. The van der Waals surface area contributed by atoms with E-state index in [4.69, 9.17) is 0 Å². The van der Waals surface area contributed by atoms with Crippen molar-refractivity contribution >= 4 is 28.5 Å². The third-order valence-electron chi connectivity index (χ3n) is 3.67. The maximum Gasteiger partial charge on any atom is 0.229 e. The Bertz CT molecular complexity index is 263. The van der Waals surface area contributed by atoms with E-state index in [1.54, 1.807) is 0 Å². The average molecular weight is 309 g/mol. The van der Waals surface area contributed by atoms with Crippen molar-refractivity contribution < 1.29 is 4.79 Å². The molecule has 1 heterocycles. The predicted molar refractivity (Wildman–Crippen MR) is 67.4 cm³/mol. The van der Waals surface area contributed by atoms with Gasteiger partial charge in [0.2, 0.25) is 5.91 Å². The summed E-state index contributed by atoms with van der Waals surface area (Å²) in [7, 11) is 0. The molecule has 1 aliphatic rings. The molecule has 1 aliphatic heterocycles. The summed E-state index contributed by atoms with van der Waals surface area (Å²) >= 11 is 2.33. The molecule has 1 amide bonds. The molecule has 1 fully saturated rings. The van der Waals surface area contributed by atoms with E-state index in [0.717, 1.165) is 6.54 Å². The SMILES string of the molecule is CC(C)(I)N1CC(C)(C)C(C)(C)C1=O. The van der Waals surface area contributed by atoms with Crippen LogP contribution in [0.25, 0.3) is 0 Å². The van der Waals surface area contributed by atoms with Crippen molar-refractivity contribution in [2.24, 2.45) is 10.8 Å². The van der Waals surface area contributed by atoms with Gasteiger partial charge in [0.05, 0.1) is 8.96 Å². The summed E-state index contributed by atoms with van der Waals surface area (Å²) in [5.74, 6) is 0.280. The van der Waals surface area contributed by atoms with Gasteiger partial charge in [0.25, 0.3) is 0 Å². The van der Waals surface area contributed by atoms with E-state index in [2.05, 4.69) is 64.1 Å².